The van der Waals surface area contributed by atoms with Gasteiger partial charge in [-0.05, 0) is 32.4 Å². The zero-order valence-electron chi connectivity index (χ0n) is 9.96. The summed E-state index contributed by atoms with van der Waals surface area (Å²) in [4.78, 5) is 0. The third kappa shape index (κ3) is 6.88. The van der Waals surface area contributed by atoms with Gasteiger partial charge in [0.1, 0.15) is 6.10 Å². The molecule has 1 rings (SSSR count). The lowest BCUT2D eigenvalue weighted by molar-refractivity contribution is -0.129. The highest BCUT2D eigenvalue weighted by molar-refractivity contribution is 4.63. The van der Waals surface area contributed by atoms with Crippen LogP contribution in [-0.4, -0.2) is 39.0 Å². The van der Waals surface area contributed by atoms with Crippen molar-refractivity contribution in [1.82, 2.24) is 5.32 Å². The average Bonchev–Trinajstić information content (AvgIpc) is 2.18. The Morgan fingerprint density at radius 2 is 1.93 bits per heavy atom. The molecule has 90 valence electrons. The van der Waals surface area contributed by atoms with Crippen LogP contribution >= 0.6 is 0 Å². The molecule has 0 aromatic rings. The first-order valence-corrected chi connectivity index (χ1v) is 6.33. The zero-order chi connectivity index (χ0) is 10.8. The number of ether oxygens (including phenoxy) is 2. The zero-order valence-corrected chi connectivity index (χ0v) is 9.96. The molecule has 15 heavy (non-hydrogen) atoms. The lowest BCUT2D eigenvalue weighted by atomic mass is 10.2. The molecule has 3 heteroatoms. The fourth-order valence-corrected chi connectivity index (χ4v) is 1.57. The first kappa shape index (κ1) is 12.9. The van der Waals surface area contributed by atoms with E-state index in [1.54, 1.807) is 0 Å². The maximum absolute atomic E-state index is 5.58. The normalized spacial score (nSPS) is 16.6. The topological polar surface area (TPSA) is 30.5 Å². The van der Waals surface area contributed by atoms with Crippen molar-refractivity contribution in [3.63, 3.8) is 0 Å². The SMILES string of the molecule is CCCNCCCCCCOC1COC1. The predicted octanol–water partition coefficient (Wildman–Crippen LogP) is 1.96. The minimum absolute atomic E-state index is 0.399. The molecule has 0 amide bonds. The van der Waals surface area contributed by atoms with Crippen LogP contribution in [0.4, 0.5) is 0 Å². The number of unbranched alkanes of at least 4 members (excludes halogenated alkanes) is 3. The quantitative estimate of drug-likeness (QED) is 0.565. The molecular weight excluding hydrogens is 190 g/mol. The summed E-state index contributed by atoms with van der Waals surface area (Å²) in [5.41, 5.74) is 0. The molecular formula is C12H25NO2. The molecule has 0 unspecified atom stereocenters. The van der Waals surface area contributed by atoms with E-state index in [0.29, 0.717) is 6.10 Å². The summed E-state index contributed by atoms with van der Waals surface area (Å²) in [6.07, 6.45) is 6.74. The van der Waals surface area contributed by atoms with Gasteiger partial charge in [0.05, 0.1) is 13.2 Å². The molecule has 0 aromatic carbocycles. The summed E-state index contributed by atoms with van der Waals surface area (Å²) in [5, 5.41) is 3.41. The van der Waals surface area contributed by atoms with Gasteiger partial charge in [0.15, 0.2) is 0 Å². The summed E-state index contributed by atoms with van der Waals surface area (Å²) in [6.45, 7) is 7.06. The summed E-state index contributed by atoms with van der Waals surface area (Å²) >= 11 is 0. The van der Waals surface area contributed by atoms with Crippen LogP contribution in [0.15, 0.2) is 0 Å². The van der Waals surface area contributed by atoms with E-state index < -0.39 is 0 Å². The van der Waals surface area contributed by atoms with Crippen molar-refractivity contribution in [1.29, 1.82) is 0 Å². The Morgan fingerprint density at radius 1 is 1.13 bits per heavy atom. The number of hydrogen-bond acceptors (Lipinski definition) is 3. The molecule has 0 bridgehead atoms. The van der Waals surface area contributed by atoms with Crippen LogP contribution in [0.1, 0.15) is 39.0 Å². The highest BCUT2D eigenvalue weighted by Gasteiger charge is 2.17. The molecule has 0 aromatic heterocycles. The van der Waals surface area contributed by atoms with E-state index >= 15 is 0 Å². The van der Waals surface area contributed by atoms with Crippen molar-refractivity contribution in [2.24, 2.45) is 0 Å². The average molecular weight is 215 g/mol. The number of hydrogen-bond donors (Lipinski definition) is 1. The summed E-state index contributed by atoms with van der Waals surface area (Å²) in [5.74, 6) is 0. The van der Waals surface area contributed by atoms with E-state index in [4.69, 9.17) is 9.47 Å². The van der Waals surface area contributed by atoms with Crippen molar-refractivity contribution in [3.05, 3.63) is 0 Å². The van der Waals surface area contributed by atoms with E-state index in [2.05, 4.69) is 12.2 Å². The van der Waals surface area contributed by atoms with E-state index in [9.17, 15) is 0 Å². The number of nitrogens with one attached hydrogen (secondary N) is 1. The molecule has 0 aliphatic carbocycles. The van der Waals surface area contributed by atoms with Gasteiger partial charge in [-0.3, -0.25) is 0 Å². The second-order valence-electron chi connectivity index (χ2n) is 4.19. The third-order valence-corrected chi connectivity index (χ3v) is 2.64. The van der Waals surface area contributed by atoms with Gasteiger partial charge in [0.25, 0.3) is 0 Å². The lowest BCUT2D eigenvalue weighted by Gasteiger charge is -2.25. The molecule has 1 aliphatic heterocycles. The van der Waals surface area contributed by atoms with Crippen LogP contribution in [-0.2, 0) is 9.47 Å². The molecule has 0 saturated carbocycles. The van der Waals surface area contributed by atoms with Gasteiger partial charge < -0.3 is 14.8 Å². The van der Waals surface area contributed by atoms with E-state index in [1.807, 2.05) is 0 Å². The van der Waals surface area contributed by atoms with E-state index in [0.717, 1.165) is 26.4 Å². The summed E-state index contributed by atoms with van der Waals surface area (Å²) < 4.78 is 10.6. The van der Waals surface area contributed by atoms with Crippen molar-refractivity contribution < 1.29 is 9.47 Å². The van der Waals surface area contributed by atoms with Gasteiger partial charge >= 0.3 is 0 Å². The predicted molar refractivity (Wildman–Crippen MR) is 62.2 cm³/mol. The second kappa shape index (κ2) is 9.13. The largest absolute Gasteiger partial charge is 0.376 e. The van der Waals surface area contributed by atoms with Crippen molar-refractivity contribution >= 4 is 0 Å². The van der Waals surface area contributed by atoms with Crippen LogP contribution in [0.5, 0.6) is 0 Å². The van der Waals surface area contributed by atoms with Gasteiger partial charge in [-0.1, -0.05) is 19.8 Å². The Hall–Kier alpha value is -0.120. The van der Waals surface area contributed by atoms with Crippen LogP contribution in [0, 0.1) is 0 Å². The Morgan fingerprint density at radius 3 is 2.60 bits per heavy atom. The maximum Gasteiger partial charge on any atom is 0.104 e. The Bertz CT molecular complexity index is 138. The van der Waals surface area contributed by atoms with Gasteiger partial charge in [0.2, 0.25) is 0 Å². The third-order valence-electron chi connectivity index (χ3n) is 2.64. The minimum atomic E-state index is 0.399. The molecule has 1 saturated heterocycles. The molecule has 0 spiro atoms. The summed E-state index contributed by atoms with van der Waals surface area (Å²) in [6, 6.07) is 0. The Labute approximate surface area is 93.5 Å². The van der Waals surface area contributed by atoms with Gasteiger partial charge in [-0.15, -0.1) is 0 Å². The van der Waals surface area contributed by atoms with E-state index in [-0.39, 0.29) is 0 Å². The molecule has 0 atom stereocenters. The van der Waals surface area contributed by atoms with Crippen molar-refractivity contribution in [2.75, 3.05) is 32.9 Å². The highest BCUT2D eigenvalue weighted by Crippen LogP contribution is 2.07. The first-order chi connectivity index (χ1) is 7.43. The lowest BCUT2D eigenvalue weighted by Crippen LogP contribution is -2.36. The van der Waals surface area contributed by atoms with Crippen LogP contribution in [0.25, 0.3) is 0 Å². The van der Waals surface area contributed by atoms with Crippen LogP contribution in [0.2, 0.25) is 0 Å². The fraction of sp³-hybridized carbons (Fsp3) is 1.00. The molecule has 1 heterocycles. The number of rotatable bonds is 10. The van der Waals surface area contributed by atoms with Gasteiger partial charge in [-0.2, -0.15) is 0 Å². The summed E-state index contributed by atoms with van der Waals surface area (Å²) in [7, 11) is 0. The van der Waals surface area contributed by atoms with Crippen LogP contribution < -0.4 is 5.32 Å². The molecule has 3 nitrogen and oxygen atoms in total. The van der Waals surface area contributed by atoms with E-state index in [1.165, 1.54) is 38.6 Å². The van der Waals surface area contributed by atoms with Crippen molar-refractivity contribution in [2.45, 2.75) is 45.1 Å². The van der Waals surface area contributed by atoms with Gasteiger partial charge in [0, 0.05) is 6.61 Å². The molecule has 1 fully saturated rings. The molecule has 1 N–H and O–H groups in total. The molecule has 0 radical (unpaired) electrons. The Balaban J connectivity index is 1.66. The minimum Gasteiger partial charge on any atom is -0.376 e. The maximum atomic E-state index is 5.58. The van der Waals surface area contributed by atoms with Gasteiger partial charge in [-0.25, -0.2) is 0 Å². The monoisotopic (exact) mass is 215 g/mol. The van der Waals surface area contributed by atoms with Crippen LogP contribution in [0.3, 0.4) is 0 Å². The highest BCUT2D eigenvalue weighted by atomic mass is 16.6. The smallest absolute Gasteiger partial charge is 0.104 e. The fourth-order valence-electron chi connectivity index (χ4n) is 1.57. The molecule has 1 aliphatic rings. The Kier molecular flexibility index (Phi) is 7.88. The first-order valence-electron chi connectivity index (χ1n) is 6.33. The standard InChI is InChI=1S/C12H25NO2/c1-2-7-13-8-5-3-4-6-9-15-12-10-14-11-12/h12-13H,2-11H2,1H3. The second-order valence-corrected chi connectivity index (χ2v) is 4.19. The van der Waals surface area contributed by atoms with Crippen molar-refractivity contribution in [3.8, 4) is 0 Å².